The first-order chi connectivity index (χ1) is 14.1. The van der Waals surface area contributed by atoms with E-state index in [9.17, 15) is 20.1 Å². The van der Waals surface area contributed by atoms with Gasteiger partial charge in [-0.1, -0.05) is 38.0 Å². The quantitative estimate of drug-likeness (QED) is 0.364. The van der Waals surface area contributed by atoms with Gasteiger partial charge >= 0.3 is 5.97 Å². The molecule has 1 aliphatic heterocycles. The van der Waals surface area contributed by atoms with Crippen molar-refractivity contribution in [2.75, 3.05) is 13.2 Å². The zero-order valence-corrected chi connectivity index (χ0v) is 19.1. The Morgan fingerprint density at radius 3 is 2.57 bits per heavy atom. The molecule has 1 unspecified atom stereocenters. The van der Waals surface area contributed by atoms with Gasteiger partial charge in [-0.3, -0.25) is 0 Å². The Bertz CT molecular complexity index is 668. The second kappa shape index (κ2) is 10.7. The van der Waals surface area contributed by atoms with Gasteiger partial charge in [-0.25, -0.2) is 4.79 Å². The van der Waals surface area contributed by atoms with Gasteiger partial charge in [0.1, 0.15) is 6.10 Å². The maximum Gasteiger partial charge on any atom is 0.331 e. The molecule has 3 N–H and O–H groups in total. The molecule has 1 fully saturated rings. The summed E-state index contributed by atoms with van der Waals surface area (Å²) in [5, 5.41) is 29.8. The second-order valence-electron chi connectivity index (χ2n) is 9.94. The minimum Gasteiger partial charge on any atom is -0.454 e. The molecule has 0 bridgehead atoms. The van der Waals surface area contributed by atoms with Crippen molar-refractivity contribution in [1.82, 2.24) is 0 Å². The Balaban J connectivity index is 1.83. The number of hydrogen-bond donors (Lipinski definition) is 3. The largest absolute Gasteiger partial charge is 0.454 e. The molecule has 0 aromatic rings. The summed E-state index contributed by atoms with van der Waals surface area (Å²) in [5.41, 5.74) is 2.40. The van der Waals surface area contributed by atoms with Crippen molar-refractivity contribution in [2.24, 2.45) is 11.3 Å². The first kappa shape index (κ1) is 24.8. The third-order valence-corrected chi connectivity index (χ3v) is 6.97. The number of cyclic esters (lactones) is 1. The van der Waals surface area contributed by atoms with E-state index in [1.54, 1.807) is 0 Å². The average molecular weight is 421 g/mol. The number of aliphatic hydroxyl groups excluding tert-OH is 2. The third-order valence-electron chi connectivity index (χ3n) is 6.97. The van der Waals surface area contributed by atoms with Crippen molar-refractivity contribution >= 4 is 5.97 Å². The average Bonchev–Trinajstić information content (AvgIpc) is 3.02. The number of aliphatic hydroxyl groups is 3. The maximum atomic E-state index is 11.3. The van der Waals surface area contributed by atoms with Crippen molar-refractivity contribution in [3.05, 3.63) is 34.9 Å². The molecule has 0 saturated heterocycles. The van der Waals surface area contributed by atoms with E-state index >= 15 is 0 Å². The first-order valence-corrected chi connectivity index (χ1v) is 11.3. The minimum absolute atomic E-state index is 0.0230. The summed E-state index contributed by atoms with van der Waals surface area (Å²) < 4.78 is 5.18. The summed E-state index contributed by atoms with van der Waals surface area (Å²) in [6, 6.07) is 0. The van der Waals surface area contributed by atoms with E-state index in [4.69, 9.17) is 4.74 Å². The molecule has 0 aromatic heterocycles. The van der Waals surface area contributed by atoms with E-state index < -0.39 is 17.7 Å². The molecule has 2 rings (SSSR count). The lowest BCUT2D eigenvalue weighted by Crippen LogP contribution is -2.46. The van der Waals surface area contributed by atoms with Crippen LogP contribution in [-0.2, 0) is 9.53 Å². The summed E-state index contributed by atoms with van der Waals surface area (Å²) >= 11 is 0. The minimum atomic E-state index is -0.583. The van der Waals surface area contributed by atoms with Crippen molar-refractivity contribution in [3.63, 3.8) is 0 Å². The lowest BCUT2D eigenvalue weighted by Gasteiger charge is -2.48. The van der Waals surface area contributed by atoms with Crippen molar-refractivity contribution in [1.29, 1.82) is 0 Å². The highest BCUT2D eigenvalue weighted by Gasteiger charge is 2.44. The summed E-state index contributed by atoms with van der Waals surface area (Å²) in [4.78, 5) is 11.3. The molecule has 5 heteroatoms. The standard InChI is InChI=1S/C25H40O5/c1-18(9-12-22-24(2,3)13-6-14-25(22,4)29)7-5-8-19(16-26)10-11-21-20(17-27)15-23(28)30-21/h7,10,15,21-22,26-27,29H,5-6,8-9,11-14,16-17H2,1-4H3/b18-7+,19-10-/t21?,22-,25-/m0/s1. The lowest BCUT2D eigenvalue weighted by atomic mass is 9.60. The highest BCUT2D eigenvalue weighted by atomic mass is 16.5. The lowest BCUT2D eigenvalue weighted by molar-refractivity contribution is -0.138. The van der Waals surface area contributed by atoms with Gasteiger partial charge in [0.15, 0.2) is 0 Å². The van der Waals surface area contributed by atoms with Gasteiger partial charge in [-0.05, 0) is 69.3 Å². The second-order valence-corrected chi connectivity index (χ2v) is 9.94. The van der Waals surface area contributed by atoms with Gasteiger partial charge < -0.3 is 20.1 Å². The van der Waals surface area contributed by atoms with E-state index in [0.717, 1.165) is 44.1 Å². The summed E-state index contributed by atoms with van der Waals surface area (Å²) in [6.45, 7) is 8.48. The number of ether oxygens (including phenoxy) is 1. The van der Waals surface area contributed by atoms with Crippen molar-refractivity contribution in [2.45, 2.75) is 90.8 Å². The smallest absolute Gasteiger partial charge is 0.331 e. The number of esters is 1. The van der Waals surface area contributed by atoms with Crippen LogP contribution in [0.3, 0.4) is 0 Å². The van der Waals surface area contributed by atoms with Gasteiger partial charge in [0.2, 0.25) is 0 Å². The molecule has 0 spiro atoms. The Kier molecular flexibility index (Phi) is 8.89. The number of allylic oxidation sites excluding steroid dienone is 2. The van der Waals surface area contributed by atoms with Crippen LogP contribution >= 0.6 is 0 Å². The summed E-state index contributed by atoms with van der Waals surface area (Å²) in [7, 11) is 0. The number of rotatable bonds is 10. The fourth-order valence-corrected chi connectivity index (χ4v) is 5.13. The molecule has 1 aliphatic carbocycles. The van der Waals surface area contributed by atoms with Crippen LogP contribution in [0, 0.1) is 11.3 Å². The van der Waals surface area contributed by atoms with Crippen LogP contribution in [0.4, 0.5) is 0 Å². The summed E-state index contributed by atoms with van der Waals surface area (Å²) in [5.74, 6) is -0.112. The van der Waals surface area contributed by atoms with Gasteiger partial charge in [-0.2, -0.15) is 0 Å². The molecule has 5 nitrogen and oxygen atoms in total. The third kappa shape index (κ3) is 6.79. The Hall–Kier alpha value is -1.43. The van der Waals surface area contributed by atoms with Crippen LogP contribution in [0.2, 0.25) is 0 Å². The molecular weight excluding hydrogens is 380 g/mol. The van der Waals surface area contributed by atoms with Crippen molar-refractivity contribution < 1.29 is 24.9 Å². The van der Waals surface area contributed by atoms with Gasteiger partial charge in [-0.15, -0.1) is 0 Å². The number of carbonyl (C=O) groups is 1. The Labute approximate surface area is 181 Å². The molecule has 1 saturated carbocycles. The predicted molar refractivity (Wildman–Crippen MR) is 119 cm³/mol. The molecule has 0 amide bonds. The number of carbonyl (C=O) groups excluding carboxylic acids is 1. The van der Waals surface area contributed by atoms with Crippen LogP contribution in [0.15, 0.2) is 34.9 Å². The molecule has 1 heterocycles. The zero-order chi connectivity index (χ0) is 22.4. The molecular formula is C25H40O5. The molecule has 30 heavy (non-hydrogen) atoms. The number of hydrogen-bond acceptors (Lipinski definition) is 5. The maximum absolute atomic E-state index is 11.3. The highest BCUT2D eigenvalue weighted by molar-refractivity contribution is 5.85. The molecule has 0 radical (unpaired) electrons. The first-order valence-electron chi connectivity index (χ1n) is 11.3. The van der Waals surface area contributed by atoms with Gasteiger partial charge in [0.25, 0.3) is 0 Å². The zero-order valence-electron chi connectivity index (χ0n) is 19.1. The van der Waals surface area contributed by atoms with Crippen molar-refractivity contribution in [3.8, 4) is 0 Å². The normalized spacial score (nSPS) is 29.7. The fourth-order valence-electron chi connectivity index (χ4n) is 5.13. The van der Waals surface area contributed by atoms with Crippen LogP contribution in [0.5, 0.6) is 0 Å². The SMILES string of the molecule is C/C(=C\CC/C(=C/CC1OC(=O)C=C1CO)CO)CC[C@H]1C(C)(C)CCC[C@]1(C)O. The van der Waals surface area contributed by atoms with E-state index in [0.29, 0.717) is 17.9 Å². The van der Waals surface area contributed by atoms with E-state index in [-0.39, 0.29) is 18.6 Å². The van der Waals surface area contributed by atoms with Crippen LogP contribution in [0.25, 0.3) is 0 Å². The topological polar surface area (TPSA) is 87.0 Å². The van der Waals surface area contributed by atoms with Crippen LogP contribution < -0.4 is 0 Å². The Morgan fingerprint density at radius 1 is 1.20 bits per heavy atom. The predicted octanol–water partition coefficient (Wildman–Crippen LogP) is 4.22. The van der Waals surface area contributed by atoms with E-state index in [1.807, 2.05) is 13.0 Å². The fraction of sp³-hybridized carbons (Fsp3) is 0.720. The monoisotopic (exact) mass is 420 g/mol. The van der Waals surface area contributed by atoms with Crippen LogP contribution in [-0.4, -0.2) is 46.2 Å². The van der Waals surface area contributed by atoms with E-state index in [2.05, 4.69) is 26.8 Å². The van der Waals surface area contributed by atoms with Crippen LogP contribution in [0.1, 0.15) is 79.1 Å². The summed E-state index contributed by atoms with van der Waals surface area (Å²) in [6.07, 6.45) is 12.2. The molecule has 2 aliphatic rings. The van der Waals surface area contributed by atoms with E-state index in [1.165, 1.54) is 18.1 Å². The van der Waals surface area contributed by atoms with Gasteiger partial charge in [0, 0.05) is 18.1 Å². The molecule has 0 aromatic carbocycles. The molecule has 3 atom stereocenters. The molecule has 170 valence electrons. The highest BCUT2D eigenvalue weighted by Crippen LogP contribution is 2.48. The van der Waals surface area contributed by atoms with Gasteiger partial charge in [0.05, 0.1) is 18.8 Å². The Morgan fingerprint density at radius 2 is 1.93 bits per heavy atom.